The van der Waals surface area contributed by atoms with E-state index < -0.39 is 19.0 Å². The van der Waals surface area contributed by atoms with Crippen molar-refractivity contribution in [3.8, 4) is 0 Å². The van der Waals surface area contributed by atoms with Gasteiger partial charge in [0.25, 0.3) is 0 Å². The molecular formula is C3H7ClFO4PS. The fraction of sp³-hybridized carbons (Fsp3) is 1.00. The van der Waals surface area contributed by atoms with Crippen molar-refractivity contribution in [3.63, 3.8) is 0 Å². The van der Waals surface area contributed by atoms with Gasteiger partial charge in [0, 0.05) is 0 Å². The van der Waals surface area contributed by atoms with E-state index in [1.54, 1.807) is 0 Å². The van der Waals surface area contributed by atoms with Crippen LogP contribution in [0.2, 0.25) is 0 Å². The molecule has 0 fully saturated rings. The minimum absolute atomic E-state index is 0.425. The van der Waals surface area contributed by atoms with Crippen molar-refractivity contribution in [2.75, 3.05) is 13.0 Å². The van der Waals surface area contributed by atoms with Crippen LogP contribution in [0, 0.1) is 0 Å². The summed E-state index contributed by atoms with van der Waals surface area (Å²) in [5.41, 5.74) is 0. The van der Waals surface area contributed by atoms with Crippen molar-refractivity contribution in [2.24, 2.45) is 0 Å². The lowest BCUT2D eigenvalue weighted by Crippen LogP contribution is -2.06. The molecule has 0 aromatic carbocycles. The van der Waals surface area contributed by atoms with Crippen LogP contribution in [0.1, 0.15) is 0 Å². The Labute approximate surface area is 73.4 Å². The molecule has 0 radical (unpaired) electrons. The van der Waals surface area contributed by atoms with Crippen molar-refractivity contribution in [2.45, 2.75) is 6.36 Å². The normalized spacial score (nSPS) is 19.3. The van der Waals surface area contributed by atoms with E-state index in [1.807, 2.05) is 0 Å². The van der Waals surface area contributed by atoms with Crippen LogP contribution < -0.4 is 0 Å². The molecule has 0 aromatic heterocycles. The van der Waals surface area contributed by atoms with E-state index >= 15 is 0 Å². The molecule has 68 valence electrons. The summed E-state index contributed by atoms with van der Waals surface area (Å²) in [6.45, 7) is -3.61. The Kier molecular flexibility index (Phi) is 5.72. The van der Waals surface area contributed by atoms with Crippen molar-refractivity contribution in [3.05, 3.63) is 0 Å². The SMILES string of the molecule is COOP(O)(=S)OC(F)CCl. The molecule has 0 heterocycles. The molecule has 0 rings (SSSR count). The highest BCUT2D eigenvalue weighted by molar-refractivity contribution is 8.07. The maximum Gasteiger partial charge on any atom is 0.355 e. The van der Waals surface area contributed by atoms with E-state index in [4.69, 9.17) is 16.5 Å². The Bertz CT molecular complexity index is 158. The Morgan fingerprint density at radius 3 is 2.73 bits per heavy atom. The minimum Gasteiger partial charge on any atom is -0.323 e. The molecule has 0 bridgehead atoms. The van der Waals surface area contributed by atoms with Crippen LogP contribution in [0.25, 0.3) is 0 Å². The first-order valence-electron chi connectivity index (χ1n) is 2.45. The first kappa shape index (κ1) is 11.7. The van der Waals surface area contributed by atoms with Crippen LogP contribution in [0.3, 0.4) is 0 Å². The molecule has 0 aliphatic heterocycles. The average molecular weight is 225 g/mol. The molecule has 8 heteroatoms. The highest BCUT2D eigenvalue weighted by Gasteiger charge is 2.21. The first-order valence-corrected chi connectivity index (χ1v) is 5.58. The van der Waals surface area contributed by atoms with Crippen molar-refractivity contribution < 1.29 is 23.4 Å². The number of alkyl halides is 2. The molecule has 2 unspecified atom stereocenters. The molecule has 2 atom stereocenters. The maximum absolute atomic E-state index is 12.3. The van der Waals surface area contributed by atoms with E-state index in [2.05, 4.69) is 25.9 Å². The predicted octanol–water partition coefficient (Wildman–Crippen LogP) is 1.33. The zero-order valence-electron chi connectivity index (χ0n) is 5.57. The van der Waals surface area contributed by atoms with Gasteiger partial charge in [0.15, 0.2) is 0 Å². The third-order valence-electron chi connectivity index (χ3n) is 0.538. The van der Waals surface area contributed by atoms with E-state index in [0.717, 1.165) is 7.11 Å². The molecule has 0 saturated carbocycles. The van der Waals surface area contributed by atoms with Gasteiger partial charge in [-0.2, -0.15) is 0 Å². The fourth-order valence-electron chi connectivity index (χ4n) is 0.284. The van der Waals surface area contributed by atoms with Gasteiger partial charge in [-0.25, -0.2) is 9.28 Å². The number of rotatable bonds is 5. The van der Waals surface area contributed by atoms with Crippen molar-refractivity contribution in [1.29, 1.82) is 0 Å². The van der Waals surface area contributed by atoms with Crippen molar-refractivity contribution in [1.82, 2.24) is 0 Å². The molecule has 0 aliphatic rings. The van der Waals surface area contributed by atoms with Gasteiger partial charge in [-0.1, -0.05) is 0 Å². The van der Waals surface area contributed by atoms with Gasteiger partial charge in [0.05, 0.1) is 13.0 Å². The van der Waals surface area contributed by atoms with Crippen molar-refractivity contribution >= 4 is 30.1 Å². The zero-order chi connectivity index (χ0) is 8.91. The summed E-state index contributed by atoms with van der Waals surface area (Å²) in [6.07, 6.45) is -1.84. The van der Waals surface area contributed by atoms with E-state index in [-0.39, 0.29) is 0 Å². The van der Waals surface area contributed by atoms with E-state index in [0.29, 0.717) is 0 Å². The number of hydrogen-bond donors (Lipinski definition) is 1. The van der Waals surface area contributed by atoms with Gasteiger partial charge in [-0.3, -0.25) is 4.52 Å². The fourth-order valence-corrected chi connectivity index (χ4v) is 1.49. The van der Waals surface area contributed by atoms with Gasteiger partial charge in [-0.05, 0) is 11.8 Å². The second-order valence-corrected chi connectivity index (χ2v) is 4.37. The summed E-state index contributed by atoms with van der Waals surface area (Å²) in [6, 6.07) is 0. The second-order valence-electron chi connectivity index (χ2n) is 1.38. The molecule has 1 N–H and O–H groups in total. The van der Waals surface area contributed by atoms with Gasteiger partial charge < -0.3 is 4.89 Å². The molecule has 11 heavy (non-hydrogen) atoms. The summed E-state index contributed by atoms with van der Waals surface area (Å²) < 4.78 is 20.5. The largest absolute Gasteiger partial charge is 0.355 e. The molecule has 0 aromatic rings. The Morgan fingerprint density at radius 1 is 1.82 bits per heavy atom. The molecule has 0 spiro atoms. The first-order chi connectivity index (χ1) is 5.02. The highest BCUT2D eigenvalue weighted by atomic mass is 35.5. The maximum atomic E-state index is 12.3. The monoisotopic (exact) mass is 224 g/mol. The highest BCUT2D eigenvalue weighted by Crippen LogP contribution is 2.45. The summed E-state index contributed by atoms with van der Waals surface area (Å²) in [7, 11) is 1.12. The second kappa shape index (κ2) is 5.37. The van der Waals surface area contributed by atoms with Crippen LogP contribution in [0.15, 0.2) is 0 Å². The molecule has 0 saturated heterocycles. The van der Waals surface area contributed by atoms with Gasteiger partial charge >= 0.3 is 6.72 Å². The van der Waals surface area contributed by atoms with Gasteiger partial charge in [0.2, 0.25) is 6.36 Å². The van der Waals surface area contributed by atoms with E-state index in [9.17, 15) is 4.39 Å². The van der Waals surface area contributed by atoms with Crippen LogP contribution in [0.4, 0.5) is 4.39 Å². The summed E-state index contributed by atoms with van der Waals surface area (Å²) >= 11 is 9.31. The number of halogens is 2. The quantitative estimate of drug-likeness (QED) is 0.330. The Hall–Kier alpha value is 0.710. The lowest BCUT2D eigenvalue weighted by Gasteiger charge is -2.13. The molecule has 4 nitrogen and oxygen atoms in total. The standard InChI is InChI=1S/C3H7ClFO4PS/c1-7-9-10(6,11)8-3(5)2-4/h3H,2H2,1H3,(H,6,11). The van der Waals surface area contributed by atoms with Crippen LogP contribution >= 0.6 is 18.3 Å². The Morgan fingerprint density at radius 2 is 2.36 bits per heavy atom. The third kappa shape index (κ3) is 5.93. The smallest absolute Gasteiger partial charge is 0.323 e. The summed E-state index contributed by atoms with van der Waals surface area (Å²) in [5.74, 6) is -0.425. The summed E-state index contributed by atoms with van der Waals surface area (Å²) in [4.78, 5) is 12.9. The topological polar surface area (TPSA) is 47.9 Å². The predicted molar refractivity (Wildman–Crippen MR) is 41.3 cm³/mol. The lowest BCUT2D eigenvalue weighted by molar-refractivity contribution is -0.193. The van der Waals surface area contributed by atoms with Crippen LogP contribution in [0.5, 0.6) is 0 Å². The Balaban J connectivity index is 3.81. The zero-order valence-corrected chi connectivity index (χ0v) is 8.03. The molecular weight excluding hydrogens is 218 g/mol. The van der Waals surface area contributed by atoms with Crippen LogP contribution in [-0.2, 0) is 25.9 Å². The molecule has 0 aliphatic carbocycles. The van der Waals surface area contributed by atoms with Crippen LogP contribution in [-0.4, -0.2) is 24.2 Å². The minimum atomic E-state index is -3.61. The average Bonchev–Trinajstić information content (AvgIpc) is 1.86. The van der Waals surface area contributed by atoms with Gasteiger partial charge in [0.1, 0.15) is 0 Å². The third-order valence-corrected chi connectivity index (χ3v) is 2.05. The molecule has 0 amide bonds. The van der Waals surface area contributed by atoms with Gasteiger partial charge in [-0.15, -0.1) is 16.3 Å². The van der Waals surface area contributed by atoms with E-state index in [1.165, 1.54) is 0 Å². The summed E-state index contributed by atoms with van der Waals surface area (Å²) in [5, 5.41) is 0. The number of hydrogen-bond acceptors (Lipinski definition) is 4. The lowest BCUT2D eigenvalue weighted by atomic mass is 10.8.